The van der Waals surface area contributed by atoms with Crippen LogP contribution >= 0.6 is 22.6 Å². The Balaban J connectivity index is 2.04. The van der Waals surface area contributed by atoms with Crippen molar-refractivity contribution in [3.63, 3.8) is 0 Å². The van der Waals surface area contributed by atoms with Crippen molar-refractivity contribution in [2.24, 2.45) is 0 Å². The molecule has 1 aromatic rings. The smallest absolute Gasteiger partial charge is 0.413 e. The van der Waals surface area contributed by atoms with Gasteiger partial charge in [-0.2, -0.15) is 0 Å². The van der Waals surface area contributed by atoms with Gasteiger partial charge in [-0.3, -0.25) is 4.90 Å². The molecule has 1 saturated heterocycles. The van der Waals surface area contributed by atoms with Crippen LogP contribution in [0.1, 0.15) is 37.7 Å². The van der Waals surface area contributed by atoms with E-state index in [1.54, 1.807) is 7.11 Å². The quantitative estimate of drug-likeness (QED) is 0.141. The van der Waals surface area contributed by atoms with Crippen molar-refractivity contribution in [3.05, 3.63) is 35.9 Å². The molecule has 1 heterocycles. The summed E-state index contributed by atoms with van der Waals surface area (Å²) in [5.74, 6) is -0.357. The monoisotopic (exact) mass is 505 g/mol. The van der Waals surface area contributed by atoms with Crippen LogP contribution in [0.15, 0.2) is 30.3 Å². The van der Waals surface area contributed by atoms with E-state index in [0.29, 0.717) is 25.9 Å². The first-order chi connectivity index (χ1) is 13.6. The number of unbranched alkanes of at least 4 members (excludes halogenated alkanes) is 1. The van der Waals surface area contributed by atoms with Crippen molar-refractivity contribution in [2.45, 2.75) is 44.2 Å². The highest BCUT2D eigenvalue weighted by atomic mass is 127. The summed E-state index contributed by atoms with van der Waals surface area (Å²) < 4.78 is 22.0. The number of rotatable bonds is 12. The van der Waals surface area contributed by atoms with Crippen molar-refractivity contribution in [1.82, 2.24) is 4.90 Å². The Morgan fingerprint density at radius 3 is 2.68 bits per heavy atom. The number of alkyl halides is 1. The van der Waals surface area contributed by atoms with Crippen LogP contribution in [0.2, 0.25) is 0 Å². The molecule has 1 amide bonds. The molecule has 8 heteroatoms. The zero-order valence-electron chi connectivity index (χ0n) is 16.2. The van der Waals surface area contributed by atoms with Gasteiger partial charge >= 0.3 is 12.1 Å². The number of benzene rings is 1. The number of carbonyl (C=O) groups excluding carboxylic acids is 2. The third-order valence-electron chi connectivity index (χ3n) is 4.70. The Morgan fingerprint density at radius 1 is 1.21 bits per heavy atom. The molecular formula is C20H28INO6. The Morgan fingerprint density at radius 2 is 1.96 bits per heavy atom. The minimum Gasteiger partial charge on any atom is -0.444 e. The number of halogens is 1. The molecule has 1 fully saturated rings. The van der Waals surface area contributed by atoms with Crippen molar-refractivity contribution in [3.8, 4) is 0 Å². The van der Waals surface area contributed by atoms with Gasteiger partial charge in [-0.05, 0) is 42.1 Å². The van der Waals surface area contributed by atoms with E-state index >= 15 is 0 Å². The standard InChI is InChI=1S/C20H28INO6/c1-25-16-26-13-7-11-20(10-5-6-12-21)18(23)28-15-22(20)19(24)27-14-17-8-3-2-4-9-17/h2-4,8-9H,5-7,10-16H2,1H3. The Hall–Kier alpha value is -1.39. The molecule has 0 N–H and O–H groups in total. The van der Waals surface area contributed by atoms with E-state index in [9.17, 15) is 9.59 Å². The summed E-state index contributed by atoms with van der Waals surface area (Å²) in [6, 6.07) is 9.46. The van der Waals surface area contributed by atoms with Crippen LogP contribution < -0.4 is 0 Å². The van der Waals surface area contributed by atoms with E-state index in [1.165, 1.54) is 4.90 Å². The molecule has 0 spiro atoms. The molecule has 0 saturated carbocycles. The molecule has 0 aromatic heterocycles. The Kier molecular flexibility index (Phi) is 10.0. The highest BCUT2D eigenvalue weighted by Crippen LogP contribution is 2.35. The zero-order chi connectivity index (χ0) is 20.2. The van der Waals surface area contributed by atoms with Gasteiger partial charge < -0.3 is 18.9 Å². The normalized spacial score (nSPS) is 18.9. The van der Waals surface area contributed by atoms with Crippen LogP contribution in [-0.4, -0.2) is 54.2 Å². The number of esters is 1. The molecule has 1 atom stereocenters. The second kappa shape index (κ2) is 12.2. The first-order valence-corrected chi connectivity index (χ1v) is 10.9. The minimum absolute atomic E-state index is 0.0738. The predicted molar refractivity (Wildman–Crippen MR) is 112 cm³/mol. The average molecular weight is 505 g/mol. The van der Waals surface area contributed by atoms with Crippen molar-refractivity contribution in [1.29, 1.82) is 0 Å². The second-order valence-electron chi connectivity index (χ2n) is 6.63. The largest absolute Gasteiger partial charge is 0.444 e. The number of methoxy groups -OCH3 is 1. The van der Waals surface area contributed by atoms with Gasteiger partial charge in [-0.25, -0.2) is 9.59 Å². The maximum atomic E-state index is 12.8. The van der Waals surface area contributed by atoms with Crippen molar-refractivity contribution < 1.29 is 28.5 Å². The summed E-state index contributed by atoms with van der Waals surface area (Å²) in [4.78, 5) is 26.9. The van der Waals surface area contributed by atoms with Crippen LogP contribution in [-0.2, 0) is 30.3 Å². The molecule has 0 aliphatic carbocycles. The Labute approximate surface area is 179 Å². The maximum absolute atomic E-state index is 12.8. The van der Waals surface area contributed by atoms with Gasteiger partial charge in [0.25, 0.3) is 0 Å². The van der Waals surface area contributed by atoms with Gasteiger partial charge in [0.05, 0.1) is 0 Å². The fourth-order valence-corrected chi connectivity index (χ4v) is 3.78. The van der Waals surface area contributed by atoms with Gasteiger partial charge in [0.2, 0.25) is 0 Å². The van der Waals surface area contributed by atoms with Crippen LogP contribution in [0.5, 0.6) is 0 Å². The number of hydrogen-bond acceptors (Lipinski definition) is 6. The molecule has 2 rings (SSSR count). The molecule has 7 nitrogen and oxygen atoms in total. The lowest BCUT2D eigenvalue weighted by molar-refractivity contribution is -0.143. The van der Waals surface area contributed by atoms with Gasteiger partial charge in [-0.1, -0.05) is 52.9 Å². The van der Waals surface area contributed by atoms with Crippen LogP contribution in [0.4, 0.5) is 4.79 Å². The first-order valence-electron chi connectivity index (χ1n) is 9.42. The third-order valence-corrected chi connectivity index (χ3v) is 5.46. The molecule has 1 unspecified atom stereocenters. The number of hydrogen-bond donors (Lipinski definition) is 0. The van der Waals surface area contributed by atoms with Gasteiger partial charge in [-0.15, -0.1) is 0 Å². The number of nitrogens with zero attached hydrogens (tertiary/aromatic N) is 1. The summed E-state index contributed by atoms with van der Waals surface area (Å²) in [5, 5.41) is 0. The average Bonchev–Trinajstić information content (AvgIpc) is 3.03. The van der Waals surface area contributed by atoms with Crippen molar-refractivity contribution >= 4 is 34.7 Å². The summed E-state index contributed by atoms with van der Waals surface area (Å²) >= 11 is 2.31. The molecule has 156 valence electrons. The predicted octanol–water partition coefficient (Wildman–Crippen LogP) is 3.88. The number of ether oxygens (including phenoxy) is 4. The SMILES string of the molecule is COCOCCCC1(CCCCI)C(=O)OCN1C(=O)OCc1ccccc1. The highest BCUT2D eigenvalue weighted by Gasteiger charge is 2.52. The first kappa shape index (κ1) is 22.9. The van der Waals surface area contributed by atoms with Crippen molar-refractivity contribution in [2.75, 3.05) is 31.7 Å². The molecule has 0 bridgehead atoms. The van der Waals surface area contributed by atoms with E-state index in [4.69, 9.17) is 18.9 Å². The molecular weight excluding hydrogens is 477 g/mol. The lowest BCUT2D eigenvalue weighted by Crippen LogP contribution is -2.51. The summed E-state index contributed by atoms with van der Waals surface area (Å²) in [6.07, 6.45) is 2.92. The minimum atomic E-state index is -0.990. The summed E-state index contributed by atoms with van der Waals surface area (Å²) in [5.41, 5.74) is -0.0958. The number of amides is 1. The van der Waals surface area contributed by atoms with E-state index in [2.05, 4.69) is 22.6 Å². The topological polar surface area (TPSA) is 74.3 Å². The lowest BCUT2D eigenvalue weighted by atomic mass is 9.87. The molecule has 1 aromatic carbocycles. The van der Waals surface area contributed by atoms with Gasteiger partial charge in [0.15, 0.2) is 6.73 Å². The van der Waals surface area contributed by atoms with E-state index < -0.39 is 11.6 Å². The Bertz CT molecular complexity index is 614. The van der Waals surface area contributed by atoms with Gasteiger partial charge in [0, 0.05) is 13.7 Å². The van der Waals surface area contributed by atoms with Crippen LogP contribution in [0.3, 0.4) is 0 Å². The fourth-order valence-electron chi connectivity index (χ4n) is 3.24. The third kappa shape index (κ3) is 6.31. The van der Waals surface area contributed by atoms with E-state index in [0.717, 1.165) is 22.8 Å². The van der Waals surface area contributed by atoms with E-state index in [-0.39, 0.29) is 26.1 Å². The lowest BCUT2D eigenvalue weighted by Gasteiger charge is -2.33. The molecule has 0 radical (unpaired) electrons. The molecule has 1 aliphatic heterocycles. The van der Waals surface area contributed by atoms with Crippen LogP contribution in [0, 0.1) is 0 Å². The van der Waals surface area contributed by atoms with E-state index in [1.807, 2.05) is 30.3 Å². The summed E-state index contributed by atoms with van der Waals surface area (Å²) in [7, 11) is 1.56. The second-order valence-corrected chi connectivity index (χ2v) is 7.70. The molecule has 28 heavy (non-hydrogen) atoms. The zero-order valence-corrected chi connectivity index (χ0v) is 18.4. The highest BCUT2D eigenvalue weighted by molar-refractivity contribution is 14.1. The fraction of sp³-hybridized carbons (Fsp3) is 0.600. The number of carbonyl (C=O) groups is 2. The maximum Gasteiger partial charge on any atom is 0.413 e. The van der Waals surface area contributed by atoms with Crippen LogP contribution in [0.25, 0.3) is 0 Å². The summed E-state index contributed by atoms with van der Waals surface area (Å²) in [6.45, 7) is 0.734. The van der Waals surface area contributed by atoms with Gasteiger partial charge in [0.1, 0.15) is 18.9 Å². The molecule has 1 aliphatic rings. The number of cyclic esters (lactones) is 1.